The Hall–Kier alpha value is -2.67. The molecule has 0 bridgehead atoms. The highest BCUT2D eigenvalue weighted by Crippen LogP contribution is 2.20. The van der Waals surface area contributed by atoms with Gasteiger partial charge in [0.15, 0.2) is 0 Å². The first kappa shape index (κ1) is 20.1. The van der Waals surface area contributed by atoms with Gasteiger partial charge < -0.3 is 15.1 Å². The Morgan fingerprint density at radius 2 is 1.96 bits per heavy atom. The lowest BCUT2D eigenvalue weighted by atomic mass is 10.2. The quantitative estimate of drug-likeness (QED) is 0.752. The van der Waals surface area contributed by atoms with Gasteiger partial charge in [-0.15, -0.1) is 0 Å². The Morgan fingerprint density at radius 1 is 1.21 bits per heavy atom. The fourth-order valence-corrected chi connectivity index (χ4v) is 3.69. The molecular weight excluding hydrogens is 376 g/mol. The van der Waals surface area contributed by atoms with E-state index in [1.807, 2.05) is 24.4 Å². The zero-order chi connectivity index (χ0) is 20.1. The van der Waals surface area contributed by atoms with Crippen molar-refractivity contribution in [3.05, 3.63) is 47.7 Å². The minimum absolute atomic E-state index is 0.0798. The van der Waals surface area contributed by atoms with E-state index in [1.165, 1.54) is 12.1 Å². The minimum Gasteiger partial charge on any atom is -0.380 e. The average Bonchev–Trinajstić information content (AvgIpc) is 2.72. The molecule has 1 aromatic heterocycles. The molecule has 1 saturated heterocycles. The minimum atomic E-state index is -3.84. The van der Waals surface area contributed by atoms with Crippen LogP contribution in [0.4, 0.5) is 11.5 Å². The fraction of sp³-hybridized carbons (Fsp3) is 0.368. The van der Waals surface area contributed by atoms with Gasteiger partial charge >= 0.3 is 0 Å². The second-order valence-corrected chi connectivity index (χ2v) is 8.23. The predicted octanol–water partition coefficient (Wildman–Crippen LogP) is 1.35. The van der Waals surface area contributed by atoms with Crippen molar-refractivity contribution in [3.63, 3.8) is 0 Å². The Labute approximate surface area is 165 Å². The van der Waals surface area contributed by atoms with Crippen molar-refractivity contribution in [2.75, 3.05) is 42.9 Å². The lowest BCUT2D eigenvalue weighted by Crippen LogP contribution is -2.46. The molecule has 0 atom stereocenters. The van der Waals surface area contributed by atoms with Crippen molar-refractivity contribution in [2.45, 2.75) is 18.4 Å². The van der Waals surface area contributed by atoms with Gasteiger partial charge in [0.1, 0.15) is 11.9 Å². The van der Waals surface area contributed by atoms with E-state index in [9.17, 15) is 13.7 Å². The monoisotopic (exact) mass is 400 g/mol. The summed E-state index contributed by atoms with van der Waals surface area (Å²) in [7, 11) is -3.84. The number of sulfonamides is 1. The summed E-state index contributed by atoms with van der Waals surface area (Å²) in [5.41, 5.74) is 1.75. The van der Waals surface area contributed by atoms with Gasteiger partial charge in [-0.1, -0.05) is 13.0 Å². The van der Waals surface area contributed by atoms with E-state index in [1.54, 1.807) is 6.07 Å². The van der Waals surface area contributed by atoms with Gasteiger partial charge in [-0.2, -0.15) is 5.26 Å². The van der Waals surface area contributed by atoms with E-state index >= 15 is 0 Å². The van der Waals surface area contributed by atoms with Crippen LogP contribution in [0.5, 0.6) is 0 Å². The molecule has 1 aliphatic rings. The summed E-state index contributed by atoms with van der Waals surface area (Å²) < 4.78 is 22.8. The molecule has 0 amide bonds. The molecule has 3 rings (SSSR count). The van der Waals surface area contributed by atoms with E-state index in [0.29, 0.717) is 12.2 Å². The number of hydrogen-bond donors (Lipinski definition) is 2. The van der Waals surface area contributed by atoms with Gasteiger partial charge in [-0.05, 0) is 36.4 Å². The molecule has 148 valence electrons. The zero-order valence-electron chi connectivity index (χ0n) is 15.8. The number of nitrogens with two attached hydrogens (primary N) is 1. The summed E-state index contributed by atoms with van der Waals surface area (Å²) in [6, 6.07) is 10.2. The van der Waals surface area contributed by atoms with Crippen LogP contribution in [0.3, 0.4) is 0 Å². The van der Waals surface area contributed by atoms with Crippen LogP contribution in [0.2, 0.25) is 0 Å². The summed E-state index contributed by atoms with van der Waals surface area (Å²) >= 11 is 0. The molecule has 1 aromatic carbocycles. The van der Waals surface area contributed by atoms with Crippen LogP contribution in [0.25, 0.3) is 0 Å². The van der Waals surface area contributed by atoms with Crippen LogP contribution in [0.1, 0.15) is 18.1 Å². The highest BCUT2D eigenvalue weighted by atomic mass is 32.2. The number of aromatic nitrogens is 1. The van der Waals surface area contributed by atoms with Crippen molar-refractivity contribution in [1.29, 1.82) is 5.26 Å². The Balaban J connectivity index is 1.63. The van der Waals surface area contributed by atoms with E-state index in [2.05, 4.69) is 27.0 Å². The molecule has 0 spiro atoms. The topological polar surface area (TPSA) is 115 Å². The van der Waals surface area contributed by atoms with Crippen molar-refractivity contribution in [3.8, 4) is 6.07 Å². The van der Waals surface area contributed by atoms with Gasteiger partial charge in [-0.25, -0.2) is 18.5 Å². The third-order valence-corrected chi connectivity index (χ3v) is 5.79. The largest absolute Gasteiger partial charge is 0.380 e. The Kier molecular flexibility index (Phi) is 6.14. The fourth-order valence-electron chi connectivity index (χ4n) is 3.15. The Bertz CT molecular complexity index is 961. The third-order valence-electron chi connectivity index (χ3n) is 4.88. The predicted molar refractivity (Wildman–Crippen MR) is 108 cm³/mol. The SMILES string of the molecule is CCN1CCN(c2ccc(CNc3ccc(S(N)(=O)=O)cc3C#N)cn2)CC1. The highest BCUT2D eigenvalue weighted by molar-refractivity contribution is 7.89. The van der Waals surface area contributed by atoms with Crippen LogP contribution in [-0.2, 0) is 16.6 Å². The summed E-state index contributed by atoms with van der Waals surface area (Å²) in [6.45, 7) is 7.77. The number of pyridine rings is 1. The summed E-state index contributed by atoms with van der Waals surface area (Å²) in [6.07, 6.45) is 1.82. The number of nitrogens with zero attached hydrogens (tertiary/aromatic N) is 4. The smallest absolute Gasteiger partial charge is 0.238 e. The number of rotatable bonds is 6. The van der Waals surface area contributed by atoms with Gasteiger partial charge in [0.05, 0.1) is 16.1 Å². The molecule has 2 aromatic rings. The number of anilines is 2. The van der Waals surface area contributed by atoms with Crippen molar-refractivity contribution >= 4 is 21.5 Å². The first-order chi connectivity index (χ1) is 13.4. The molecule has 0 radical (unpaired) electrons. The van der Waals surface area contributed by atoms with Crippen LogP contribution in [0, 0.1) is 11.3 Å². The first-order valence-corrected chi connectivity index (χ1v) is 10.7. The van der Waals surface area contributed by atoms with Gasteiger partial charge in [0, 0.05) is 38.9 Å². The van der Waals surface area contributed by atoms with Crippen LogP contribution in [0.15, 0.2) is 41.4 Å². The molecule has 28 heavy (non-hydrogen) atoms. The van der Waals surface area contributed by atoms with E-state index in [0.717, 1.165) is 44.1 Å². The molecule has 8 nitrogen and oxygen atoms in total. The summed E-state index contributed by atoms with van der Waals surface area (Å²) in [4.78, 5) is 9.18. The Morgan fingerprint density at radius 3 is 2.54 bits per heavy atom. The van der Waals surface area contributed by atoms with Crippen LogP contribution in [-0.4, -0.2) is 51.0 Å². The normalized spacial score (nSPS) is 15.2. The third kappa shape index (κ3) is 4.78. The van der Waals surface area contributed by atoms with Crippen molar-refractivity contribution in [1.82, 2.24) is 9.88 Å². The van der Waals surface area contributed by atoms with Gasteiger partial charge in [-0.3, -0.25) is 0 Å². The molecule has 1 fully saturated rings. The maximum absolute atomic E-state index is 11.4. The molecule has 0 saturated carbocycles. The molecule has 2 heterocycles. The number of likely N-dealkylation sites (N-methyl/N-ethyl adjacent to an activating group) is 1. The van der Waals surface area contributed by atoms with E-state index in [4.69, 9.17) is 5.14 Å². The molecule has 0 unspecified atom stereocenters. The summed E-state index contributed by atoms with van der Waals surface area (Å²) in [5, 5.41) is 17.5. The van der Waals surface area contributed by atoms with Gasteiger partial charge in [0.25, 0.3) is 0 Å². The summed E-state index contributed by atoms with van der Waals surface area (Å²) in [5.74, 6) is 0.967. The number of hydrogen-bond acceptors (Lipinski definition) is 7. The van der Waals surface area contributed by atoms with Crippen LogP contribution < -0.4 is 15.4 Å². The number of piperazine rings is 1. The second kappa shape index (κ2) is 8.56. The van der Waals surface area contributed by atoms with Gasteiger partial charge in [0.2, 0.25) is 10.0 Å². The van der Waals surface area contributed by atoms with E-state index < -0.39 is 10.0 Å². The highest BCUT2D eigenvalue weighted by Gasteiger charge is 2.16. The lowest BCUT2D eigenvalue weighted by Gasteiger charge is -2.34. The lowest BCUT2D eigenvalue weighted by molar-refractivity contribution is 0.270. The van der Waals surface area contributed by atoms with E-state index in [-0.39, 0.29) is 10.5 Å². The first-order valence-electron chi connectivity index (χ1n) is 9.13. The number of benzene rings is 1. The zero-order valence-corrected chi connectivity index (χ0v) is 16.6. The van der Waals surface area contributed by atoms with Crippen LogP contribution >= 0.6 is 0 Å². The van der Waals surface area contributed by atoms with Crippen molar-refractivity contribution < 1.29 is 8.42 Å². The molecule has 1 aliphatic heterocycles. The number of primary sulfonamides is 1. The maximum atomic E-state index is 11.4. The number of nitrogens with one attached hydrogen (secondary N) is 1. The average molecular weight is 401 g/mol. The molecule has 9 heteroatoms. The molecule has 0 aliphatic carbocycles. The second-order valence-electron chi connectivity index (χ2n) is 6.66. The molecular formula is C19H24N6O2S. The van der Waals surface area contributed by atoms with Crippen molar-refractivity contribution in [2.24, 2.45) is 5.14 Å². The number of nitriles is 1. The molecule has 3 N–H and O–H groups in total. The standard InChI is InChI=1S/C19H24N6O2S/c1-2-24-7-9-25(10-8-24)19-6-3-15(14-23-19)13-22-18-5-4-17(28(21,26)27)11-16(18)12-20/h3-6,11,14,22H,2,7-10,13H2,1H3,(H2,21,26,27). The maximum Gasteiger partial charge on any atom is 0.238 e.